The molecule has 0 aliphatic rings. The van der Waals surface area contributed by atoms with E-state index in [1.54, 1.807) is 4.68 Å². The minimum Gasteiger partial charge on any atom is -0.265 e. The summed E-state index contributed by atoms with van der Waals surface area (Å²) in [7, 11) is 0. The molecule has 0 atom stereocenters. The van der Waals surface area contributed by atoms with Gasteiger partial charge in [0.1, 0.15) is 5.52 Å². The van der Waals surface area contributed by atoms with Gasteiger partial charge in [0.05, 0.1) is 12.2 Å². The van der Waals surface area contributed by atoms with Crippen LogP contribution in [0.15, 0.2) is 29.1 Å². The van der Waals surface area contributed by atoms with E-state index < -0.39 is 0 Å². The minimum atomic E-state index is -0.150. The smallest absolute Gasteiger partial charge is 0.265 e. The van der Waals surface area contributed by atoms with E-state index >= 15 is 0 Å². The number of hydrogen-bond donors (Lipinski definition) is 0. The number of rotatable bonds is 3. The van der Waals surface area contributed by atoms with Gasteiger partial charge >= 0.3 is 0 Å². The predicted octanol–water partition coefficient (Wildman–Crippen LogP) is 1.67. The number of benzene rings is 1. The predicted molar refractivity (Wildman–Crippen MR) is 80.3 cm³/mol. The Hall–Kier alpha value is -2.50. The van der Waals surface area contributed by atoms with Crippen LogP contribution in [-0.4, -0.2) is 24.8 Å². The quantitative estimate of drug-likeness (QED) is 0.733. The summed E-state index contributed by atoms with van der Waals surface area (Å²) in [6.45, 7) is 6.87. The molecule has 0 aliphatic carbocycles. The third kappa shape index (κ3) is 2.33. The van der Waals surface area contributed by atoms with Gasteiger partial charge in [0.15, 0.2) is 5.52 Å². The molecule has 0 saturated heterocycles. The maximum Gasteiger partial charge on any atom is 0.296 e. The average molecular weight is 283 g/mol. The molecule has 0 spiro atoms. The molecule has 1 aromatic carbocycles. The van der Waals surface area contributed by atoms with Crippen molar-refractivity contribution in [3.63, 3.8) is 0 Å². The van der Waals surface area contributed by atoms with Gasteiger partial charge < -0.3 is 0 Å². The highest BCUT2D eigenvalue weighted by Crippen LogP contribution is 2.11. The summed E-state index contributed by atoms with van der Waals surface area (Å²) < 4.78 is 3.08. The highest BCUT2D eigenvalue weighted by Gasteiger charge is 2.14. The second kappa shape index (κ2) is 5.12. The normalized spacial score (nSPS) is 11.2. The van der Waals surface area contributed by atoms with Gasteiger partial charge in [-0.1, -0.05) is 35.0 Å². The van der Waals surface area contributed by atoms with Gasteiger partial charge in [0.25, 0.3) is 5.56 Å². The molecule has 0 radical (unpaired) electrons. The molecule has 3 rings (SSSR count). The molecule has 2 heterocycles. The van der Waals surface area contributed by atoms with E-state index in [0.717, 1.165) is 11.3 Å². The molecule has 2 aromatic heterocycles. The Bertz CT molecular complexity index is 845. The van der Waals surface area contributed by atoms with E-state index in [1.165, 1.54) is 10.2 Å². The lowest BCUT2D eigenvalue weighted by Crippen LogP contribution is -2.26. The maximum absolute atomic E-state index is 12.6. The van der Waals surface area contributed by atoms with Crippen LogP contribution in [-0.2, 0) is 13.1 Å². The third-order valence-electron chi connectivity index (χ3n) is 3.54. The van der Waals surface area contributed by atoms with Crippen LogP contribution < -0.4 is 5.56 Å². The Balaban J connectivity index is 2.09. The molecule has 6 heteroatoms. The standard InChI is InChI=1S/C15H17N5O/c1-4-19-14-13(11(3)17-19)16-18-20(15(14)21)9-12-7-5-10(2)6-8-12/h5-8H,4,9H2,1-3H3. The Morgan fingerprint density at radius 1 is 1.10 bits per heavy atom. The molecule has 0 saturated carbocycles. The molecule has 3 aromatic rings. The van der Waals surface area contributed by atoms with Crippen LogP contribution in [0.3, 0.4) is 0 Å². The summed E-state index contributed by atoms with van der Waals surface area (Å²) in [6, 6.07) is 8.03. The lowest BCUT2D eigenvalue weighted by atomic mass is 10.1. The number of aryl methyl sites for hydroxylation is 3. The third-order valence-corrected chi connectivity index (χ3v) is 3.54. The van der Waals surface area contributed by atoms with E-state index in [1.807, 2.05) is 45.0 Å². The van der Waals surface area contributed by atoms with Crippen molar-refractivity contribution in [3.05, 3.63) is 51.4 Å². The van der Waals surface area contributed by atoms with Gasteiger partial charge in [0, 0.05) is 6.54 Å². The summed E-state index contributed by atoms with van der Waals surface area (Å²) in [5, 5.41) is 12.5. The first kappa shape index (κ1) is 13.5. The van der Waals surface area contributed by atoms with Crippen LogP contribution in [0.5, 0.6) is 0 Å². The van der Waals surface area contributed by atoms with Gasteiger partial charge in [-0.15, -0.1) is 5.10 Å². The fourth-order valence-electron chi connectivity index (χ4n) is 2.36. The average Bonchev–Trinajstić information content (AvgIpc) is 2.81. The zero-order valence-electron chi connectivity index (χ0n) is 12.4. The van der Waals surface area contributed by atoms with E-state index in [0.29, 0.717) is 24.1 Å². The van der Waals surface area contributed by atoms with Gasteiger partial charge in [0.2, 0.25) is 0 Å². The van der Waals surface area contributed by atoms with Crippen molar-refractivity contribution in [3.8, 4) is 0 Å². The molecule has 0 fully saturated rings. The molecular weight excluding hydrogens is 266 g/mol. The zero-order chi connectivity index (χ0) is 15.0. The Labute approximate surface area is 122 Å². The van der Waals surface area contributed by atoms with Crippen LogP contribution in [0, 0.1) is 13.8 Å². The Morgan fingerprint density at radius 3 is 2.48 bits per heavy atom. The SMILES string of the molecule is CCn1nc(C)c2nnn(Cc3ccc(C)cc3)c(=O)c21. The van der Waals surface area contributed by atoms with Crippen molar-refractivity contribution < 1.29 is 0 Å². The van der Waals surface area contributed by atoms with Crippen LogP contribution >= 0.6 is 0 Å². The Morgan fingerprint density at radius 2 is 1.81 bits per heavy atom. The van der Waals surface area contributed by atoms with Gasteiger partial charge in [-0.3, -0.25) is 9.48 Å². The minimum absolute atomic E-state index is 0.150. The number of aromatic nitrogens is 5. The molecule has 0 aliphatic heterocycles. The van der Waals surface area contributed by atoms with Crippen molar-refractivity contribution in [1.82, 2.24) is 24.8 Å². The molecule has 21 heavy (non-hydrogen) atoms. The van der Waals surface area contributed by atoms with Crippen LogP contribution in [0.4, 0.5) is 0 Å². The van der Waals surface area contributed by atoms with Crippen molar-refractivity contribution in [2.75, 3.05) is 0 Å². The molecule has 6 nitrogen and oxygen atoms in total. The maximum atomic E-state index is 12.6. The molecule has 0 bridgehead atoms. The zero-order valence-corrected chi connectivity index (χ0v) is 12.4. The van der Waals surface area contributed by atoms with Gasteiger partial charge in [-0.25, -0.2) is 4.68 Å². The van der Waals surface area contributed by atoms with Crippen molar-refractivity contribution in [2.24, 2.45) is 0 Å². The Kier molecular flexibility index (Phi) is 3.29. The lowest BCUT2D eigenvalue weighted by Gasteiger charge is -2.05. The number of hydrogen-bond acceptors (Lipinski definition) is 4. The van der Waals surface area contributed by atoms with E-state index in [2.05, 4.69) is 15.4 Å². The fourth-order valence-corrected chi connectivity index (χ4v) is 2.36. The summed E-state index contributed by atoms with van der Waals surface area (Å²) in [6.07, 6.45) is 0. The van der Waals surface area contributed by atoms with Crippen LogP contribution in [0.2, 0.25) is 0 Å². The topological polar surface area (TPSA) is 65.6 Å². The van der Waals surface area contributed by atoms with Crippen molar-refractivity contribution in [1.29, 1.82) is 0 Å². The molecule has 0 unspecified atom stereocenters. The first-order chi connectivity index (χ1) is 10.1. The highest BCUT2D eigenvalue weighted by atomic mass is 16.1. The number of fused-ring (bicyclic) bond motifs is 1. The first-order valence-electron chi connectivity index (χ1n) is 6.96. The molecule has 108 valence electrons. The van der Waals surface area contributed by atoms with Gasteiger partial charge in [-0.05, 0) is 26.3 Å². The summed E-state index contributed by atoms with van der Waals surface area (Å²) in [4.78, 5) is 12.6. The molecular formula is C15H17N5O. The summed E-state index contributed by atoms with van der Waals surface area (Å²) in [5.41, 5.74) is 3.91. The lowest BCUT2D eigenvalue weighted by molar-refractivity contribution is 0.591. The van der Waals surface area contributed by atoms with Gasteiger partial charge in [-0.2, -0.15) is 5.10 Å². The summed E-state index contributed by atoms with van der Waals surface area (Å²) >= 11 is 0. The highest BCUT2D eigenvalue weighted by molar-refractivity contribution is 5.75. The van der Waals surface area contributed by atoms with E-state index in [4.69, 9.17) is 0 Å². The van der Waals surface area contributed by atoms with Crippen molar-refractivity contribution >= 4 is 11.0 Å². The fraction of sp³-hybridized carbons (Fsp3) is 0.333. The second-order valence-electron chi connectivity index (χ2n) is 5.14. The number of nitrogens with zero attached hydrogens (tertiary/aromatic N) is 5. The second-order valence-corrected chi connectivity index (χ2v) is 5.14. The largest absolute Gasteiger partial charge is 0.296 e. The van der Waals surface area contributed by atoms with Crippen LogP contribution in [0.1, 0.15) is 23.7 Å². The first-order valence-corrected chi connectivity index (χ1v) is 6.96. The summed E-state index contributed by atoms with van der Waals surface area (Å²) in [5.74, 6) is 0. The molecule has 0 N–H and O–H groups in total. The van der Waals surface area contributed by atoms with E-state index in [-0.39, 0.29) is 5.56 Å². The monoisotopic (exact) mass is 283 g/mol. The van der Waals surface area contributed by atoms with Crippen LogP contribution in [0.25, 0.3) is 11.0 Å². The molecule has 0 amide bonds. The van der Waals surface area contributed by atoms with E-state index in [9.17, 15) is 4.79 Å². The van der Waals surface area contributed by atoms with Crippen molar-refractivity contribution in [2.45, 2.75) is 33.9 Å².